The van der Waals surface area contributed by atoms with Crippen LogP contribution in [0.1, 0.15) is 39.3 Å². The maximum atomic E-state index is 11.8. The standard InChI is InChI=1S/C16H25N3O3/c1-10(2)22-14-8-6-7-13(9-14)11(3)18-12(4)15(20)19-16(21)17-5/h6-12,18H,1-5H3,(H2,17,19,20,21)/t11-,12-/m1/s1. The Kier molecular flexibility index (Phi) is 6.85. The van der Waals surface area contributed by atoms with E-state index < -0.39 is 12.1 Å². The van der Waals surface area contributed by atoms with Gasteiger partial charge in [0.15, 0.2) is 0 Å². The van der Waals surface area contributed by atoms with Crippen molar-refractivity contribution >= 4 is 11.9 Å². The van der Waals surface area contributed by atoms with Gasteiger partial charge in [0.05, 0.1) is 12.1 Å². The Morgan fingerprint density at radius 3 is 2.41 bits per heavy atom. The molecule has 0 fully saturated rings. The van der Waals surface area contributed by atoms with E-state index in [9.17, 15) is 9.59 Å². The summed E-state index contributed by atoms with van der Waals surface area (Å²) in [6.45, 7) is 7.61. The average Bonchev–Trinajstić information content (AvgIpc) is 2.46. The van der Waals surface area contributed by atoms with E-state index in [1.165, 1.54) is 7.05 Å². The van der Waals surface area contributed by atoms with Gasteiger partial charge in [-0.15, -0.1) is 0 Å². The van der Waals surface area contributed by atoms with Crippen molar-refractivity contribution in [3.63, 3.8) is 0 Å². The molecule has 0 spiro atoms. The van der Waals surface area contributed by atoms with Gasteiger partial charge in [-0.3, -0.25) is 15.4 Å². The second kappa shape index (κ2) is 8.38. The number of rotatable bonds is 6. The van der Waals surface area contributed by atoms with Crippen LogP contribution in [0, 0.1) is 0 Å². The lowest BCUT2D eigenvalue weighted by Crippen LogP contribution is -2.47. The molecular formula is C16H25N3O3. The van der Waals surface area contributed by atoms with Crippen LogP contribution >= 0.6 is 0 Å². The van der Waals surface area contributed by atoms with Gasteiger partial charge in [0.25, 0.3) is 0 Å². The van der Waals surface area contributed by atoms with Gasteiger partial charge < -0.3 is 10.1 Å². The number of carbonyl (C=O) groups excluding carboxylic acids is 2. The molecule has 0 aromatic heterocycles. The molecule has 22 heavy (non-hydrogen) atoms. The number of hydrogen-bond acceptors (Lipinski definition) is 4. The first kappa shape index (κ1) is 18.0. The van der Waals surface area contributed by atoms with Gasteiger partial charge in [0.2, 0.25) is 5.91 Å². The number of amides is 3. The normalized spacial score (nSPS) is 13.4. The van der Waals surface area contributed by atoms with Crippen molar-refractivity contribution in [2.24, 2.45) is 0 Å². The third-order valence-electron chi connectivity index (χ3n) is 3.09. The number of imide groups is 1. The summed E-state index contributed by atoms with van der Waals surface area (Å²) < 4.78 is 5.66. The molecule has 0 bridgehead atoms. The summed E-state index contributed by atoms with van der Waals surface area (Å²) in [5.41, 5.74) is 1.01. The van der Waals surface area contributed by atoms with Crippen molar-refractivity contribution in [3.05, 3.63) is 29.8 Å². The smallest absolute Gasteiger partial charge is 0.321 e. The van der Waals surface area contributed by atoms with E-state index in [1.54, 1.807) is 6.92 Å². The van der Waals surface area contributed by atoms with E-state index in [0.29, 0.717) is 0 Å². The highest BCUT2D eigenvalue weighted by molar-refractivity contribution is 5.96. The molecule has 0 saturated heterocycles. The largest absolute Gasteiger partial charge is 0.491 e. The number of benzene rings is 1. The van der Waals surface area contributed by atoms with Crippen molar-refractivity contribution in [1.29, 1.82) is 0 Å². The minimum atomic E-state index is -0.515. The number of urea groups is 1. The van der Waals surface area contributed by atoms with Gasteiger partial charge >= 0.3 is 6.03 Å². The van der Waals surface area contributed by atoms with Gasteiger partial charge in [-0.2, -0.15) is 0 Å². The summed E-state index contributed by atoms with van der Waals surface area (Å²) in [5, 5.41) is 7.75. The highest BCUT2D eigenvalue weighted by Gasteiger charge is 2.18. The van der Waals surface area contributed by atoms with E-state index in [4.69, 9.17) is 4.74 Å². The molecule has 3 N–H and O–H groups in total. The fraction of sp³-hybridized carbons (Fsp3) is 0.500. The van der Waals surface area contributed by atoms with E-state index >= 15 is 0 Å². The van der Waals surface area contributed by atoms with Gasteiger partial charge in [-0.25, -0.2) is 4.79 Å². The van der Waals surface area contributed by atoms with E-state index in [0.717, 1.165) is 11.3 Å². The molecule has 6 nitrogen and oxygen atoms in total. The van der Waals surface area contributed by atoms with Crippen LogP contribution in [-0.4, -0.2) is 31.1 Å². The lowest BCUT2D eigenvalue weighted by molar-refractivity contribution is -0.121. The third kappa shape index (κ3) is 5.73. The first-order chi connectivity index (χ1) is 10.3. The fourth-order valence-electron chi connectivity index (χ4n) is 1.96. The zero-order valence-electron chi connectivity index (χ0n) is 13.8. The Bertz CT molecular complexity index is 517. The highest BCUT2D eigenvalue weighted by Crippen LogP contribution is 2.20. The third-order valence-corrected chi connectivity index (χ3v) is 3.09. The molecule has 6 heteroatoms. The molecular weight excluding hydrogens is 282 g/mol. The molecule has 1 aromatic carbocycles. The molecule has 122 valence electrons. The summed E-state index contributed by atoms with van der Waals surface area (Å²) in [6.07, 6.45) is 0.107. The maximum absolute atomic E-state index is 11.8. The van der Waals surface area contributed by atoms with Crippen molar-refractivity contribution in [2.75, 3.05) is 7.05 Å². The zero-order valence-corrected chi connectivity index (χ0v) is 13.8. The lowest BCUT2D eigenvalue weighted by atomic mass is 10.1. The fourth-order valence-corrected chi connectivity index (χ4v) is 1.96. The predicted molar refractivity (Wildman–Crippen MR) is 85.8 cm³/mol. The van der Waals surface area contributed by atoms with Gasteiger partial charge in [0.1, 0.15) is 5.75 Å². The van der Waals surface area contributed by atoms with Crippen LogP contribution in [0.5, 0.6) is 5.75 Å². The first-order valence-electron chi connectivity index (χ1n) is 7.38. The Morgan fingerprint density at radius 2 is 1.82 bits per heavy atom. The molecule has 1 aromatic rings. The predicted octanol–water partition coefficient (Wildman–Crippen LogP) is 1.97. The molecule has 1 rings (SSSR count). The van der Waals surface area contributed by atoms with Crippen molar-refractivity contribution in [2.45, 2.75) is 45.9 Å². The van der Waals surface area contributed by atoms with E-state index in [-0.39, 0.29) is 18.1 Å². The summed E-state index contributed by atoms with van der Waals surface area (Å²) in [5.74, 6) is 0.421. The summed E-state index contributed by atoms with van der Waals surface area (Å²) >= 11 is 0. The summed E-state index contributed by atoms with van der Waals surface area (Å²) in [6, 6.07) is 6.66. The van der Waals surface area contributed by atoms with Gasteiger partial charge in [-0.1, -0.05) is 12.1 Å². The number of nitrogens with one attached hydrogen (secondary N) is 3. The Morgan fingerprint density at radius 1 is 1.14 bits per heavy atom. The molecule has 2 atom stereocenters. The number of ether oxygens (including phenoxy) is 1. The zero-order chi connectivity index (χ0) is 16.7. The molecule has 0 unspecified atom stereocenters. The summed E-state index contributed by atoms with van der Waals surface area (Å²) in [7, 11) is 1.46. The van der Waals surface area contributed by atoms with Crippen LogP contribution in [0.2, 0.25) is 0 Å². The molecule has 0 radical (unpaired) electrons. The van der Waals surface area contributed by atoms with Gasteiger partial charge in [-0.05, 0) is 45.4 Å². The molecule has 0 aliphatic rings. The van der Waals surface area contributed by atoms with Crippen LogP contribution in [0.3, 0.4) is 0 Å². The van der Waals surface area contributed by atoms with E-state index in [1.807, 2.05) is 45.0 Å². The highest BCUT2D eigenvalue weighted by atomic mass is 16.5. The van der Waals surface area contributed by atoms with E-state index in [2.05, 4.69) is 16.0 Å². The Labute approximate surface area is 131 Å². The van der Waals surface area contributed by atoms with Crippen LogP contribution in [0.4, 0.5) is 4.79 Å². The lowest BCUT2D eigenvalue weighted by Gasteiger charge is -2.20. The number of hydrogen-bond donors (Lipinski definition) is 3. The minimum Gasteiger partial charge on any atom is -0.491 e. The Balaban J connectivity index is 2.66. The first-order valence-corrected chi connectivity index (χ1v) is 7.38. The van der Waals surface area contributed by atoms with Crippen LogP contribution in [0.15, 0.2) is 24.3 Å². The molecule has 0 aliphatic carbocycles. The molecule has 0 saturated carbocycles. The minimum absolute atomic E-state index is 0.0545. The second-order valence-corrected chi connectivity index (χ2v) is 5.42. The van der Waals surface area contributed by atoms with Crippen molar-refractivity contribution in [3.8, 4) is 5.75 Å². The quantitative estimate of drug-likeness (QED) is 0.751. The monoisotopic (exact) mass is 307 g/mol. The maximum Gasteiger partial charge on any atom is 0.321 e. The molecule has 0 heterocycles. The SMILES string of the molecule is CNC(=O)NC(=O)[C@@H](C)N[C@H](C)c1cccc(OC(C)C)c1. The van der Waals surface area contributed by atoms with Gasteiger partial charge in [0, 0.05) is 13.1 Å². The van der Waals surface area contributed by atoms with Crippen molar-refractivity contribution in [1.82, 2.24) is 16.0 Å². The molecule has 0 aliphatic heterocycles. The number of carbonyl (C=O) groups is 2. The van der Waals surface area contributed by atoms with Crippen LogP contribution < -0.4 is 20.7 Å². The van der Waals surface area contributed by atoms with Crippen LogP contribution in [-0.2, 0) is 4.79 Å². The Hall–Kier alpha value is -2.08. The topological polar surface area (TPSA) is 79.5 Å². The average molecular weight is 307 g/mol. The van der Waals surface area contributed by atoms with Crippen LogP contribution in [0.25, 0.3) is 0 Å². The molecule has 3 amide bonds. The second-order valence-electron chi connectivity index (χ2n) is 5.42. The summed E-state index contributed by atoms with van der Waals surface area (Å²) in [4.78, 5) is 23.0. The van der Waals surface area contributed by atoms with Crippen molar-refractivity contribution < 1.29 is 14.3 Å².